The predicted molar refractivity (Wildman–Crippen MR) is 122 cm³/mol. The predicted octanol–water partition coefficient (Wildman–Crippen LogP) is 6.64. The fourth-order valence-corrected chi connectivity index (χ4v) is 3.64. The van der Waals surface area contributed by atoms with Crippen LogP contribution in [0.5, 0.6) is 5.75 Å². The fourth-order valence-electron chi connectivity index (χ4n) is 3.64. The van der Waals surface area contributed by atoms with E-state index in [9.17, 15) is 22.4 Å². The molecule has 0 unspecified atom stereocenters. The number of hydrogen-bond donors (Lipinski definition) is 0. The molecule has 0 aromatic heterocycles. The molecule has 0 saturated heterocycles. The van der Waals surface area contributed by atoms with Crippen molar-refractivity contribution in [2.45, 2.75) is 46.6 Å². The number of carbonyl (C=O) groups excluding carboxylic acids is 1. The quantitative estimate of drug-likeness (QED) is 0.271. The van der Waals surface area contributed by atoms with Crippen LogP contribution >= 0.6 is 0 Å². The normalized spacial score (nSPS) is 11.1. The van der Waals surface area contributed by atoms with Crippen LogP contribution in [0.3, 0.4) is 0 Å². The standard InChI is InChI=1S/C27H26F4O3/c1-15(2)34-26(32)14-33-25-10-9-22(28)21(27(25)31)7-5-18-12-20(11-16(3)17(18)4)19-6-8-23(29)24(30)13-19/h6,8-13,15H,5,7,14H2,1-4H3. The van der Waals surface area contributed by atoms with Crippen LogP contribution in [0.1, 0.15) is 36.1 Å². The van der Waals surface area contributed by atoms with Crippen LogP contribution in [-0.4, -0.2) is 18.7 Å². The van der Waals surface area contributed by atoms with Crippen molar-refractivity contribution in [3.63, 3.8) is 0 Å². The van der Waals surface area contributed by atoms with Gasteiger partial charge in [-0.25, -0.2) is 22.4 Å². The zero-order valence-corrected chi connectivity index (χ0v) is 19.5. The molecule has 34 heavy (non-hydrogen) atoms. The van der Waals surface area contributed by atoms with Gasteiger partial charge in [0.1, 0.15) is 5.82 Å². The van der Waals surface area contributed by atoms with Crippen molar-refractivity contribution in [1.82, 2.24) is 0 Å². The second kappa shape index (κ2) is 10.7. The number of benzene rings is 3. The molecule has 3 rings (SSSR count). The van der Waals surface area contributed by atoms with Crippen LogP contribution in [0.25, 0.3) is 11.1 Å². The summed E-state index contributed by atoms with van der Waals surface area (Å²) >= 11 is 0. The van der Waals surface area contributed by atoms with Crippen molar-refractivity contribution < 1.29 is 31.8 Å². The van der Waals surface area contributed by atoms with Crippen molar-refractivity contribution in [3.8, 4) is 16.9 Å². The van der Waals surface area contributed by atoms with Gasteiger partial charge in [0.2, 0.25) is 0 Å². The first-order chi connectivity index (χ1) is 16.1. The van der Waals surface area contributed by atoms with Crippen molar-refractivity contribution >= 4 is 5.97 Å². The van der Waals surface area contributed by atoms with E-state index in [0.29, 0.717) is 17.5 Å². The van der Waals surface area contributed by atoms with E-state index in [1.165, 1.54) is 6.07 Å². The number of aryl methyl sites for hydroxylation is 2. The summed E-state index contributed by atoms with van der Waals surface area (Å²) in [5.41, 5.74) is 3.70. The van der Waals surface area contributed by atoms with Crippen LogP contribution in [0, 0.1) is 37.1 Å². The van der Waals surface area contributed by atoms with Gasteiger partial charge in [-0.1, -0.05) is 18.2 Å². The summed E-state index contributed by atoms with van der Waals surface area (Å²) in [6.07, 6.45) is 0.00236. The number of rotatable bonds is 8. The third-order valence-corrected chi connectivity index (χ3v) is 5.54. The fraction of sp³-hybridized carbons (Fsp3) is 0.296. The summed E-state index contributed by atoms with van der Waals surface area (Å²) in [6, 6.07) is 9.56. The van der Waals surface area contributed by atoms with Gasteiger partial charge in [-0.05, 0) is 92.6 Å². The molecule has 0 aliphatic carbocycles. The van der Waals surface area contributed by atoms with Crippen molar-refractivity contribution in [3.05, 3.63) is 88.0 Å². The summed E-state index contributed by atoms with van der Waals surface area (Å²) in [5, 5.41) is 0. The number of ether oxygens (including phenoxy) is 2. The average Bonchev–Trinajstić information content (AvgIpc) is 2.77. The Labute approximate surface area is 196 Å². The molecule has 0 N–H and O–H groups in total. The largest absolute Gasteiger partial charge is 0.479 e. The van der Waals surface area contributed by atoms with Crippen LogP contribution in [0.4, 0.5) is 17.6 Å². The minimum absolute atomic E-state index is 0.0345. The Morgan fingerprint density at radius 3 is 2.24 bits per heavy atom. The third kappa shape index (κ3) is 5.95. The van der Waals surface area contributed by atoms with Crippen molar-refractivity contribution in [2.75, 3.05) is 6.61 Å². The van der Waals surface area contributed by atoms with E-state index in [4.69, 9.17) is 9.47 Å². The van der Waals surface area contributed by atoms with E-state index < -0.39 is 35.8 Å². The molecule has 180 valence electrons. The SMILES string of the molecule is Cc1cc(-c2ccc(F)c(F)c2)cc(CCc2c(F)ccc(OCC(=O)OC(C)C)c2F)c1C. The first-order valence-corrected chi connectivity index (χ1v) is 10.9. The lowest BCUT2D eigenvalue weighted by atomic mass is 9.92. The molecule has 0 bridgehead atoms. The maximum atomic E-state index is 15.0. The maximum Gasteiger partial charge on any atom is 0.344 e. The van der Waals surface area contributed by atoms with Crippen LogP contribution in [0.15, 0.2) is 42.5 Å². The molecular formula is C27H26F4O3. The Kier molecular flexibility index (Phi) is 7.97. The summed E-state index contributed by atoms with van der Waals surface area (Å²) in [5.74, 6) is -4.36. The van der Waals surface area contributed by atoms with E-state index in [-0.39, 0.29) is 23.8 Å². The van der Waals surface area contributed by atoms with Gasteiger partial charge in [-0.15, -0.1) is 0 Å². The summed E-state index contributed by atoms with van der Waals surface area (Å²) < 4.78 is 66.6. The molecule has 0 amide bonds. The summed E-state index contributed by atoms with van der Waals surface area (Å²) in [6.45, 7) is 6.65. The second-order valence-corrected chi connectivity index (χ2v) is 8.37. The highest BCUT2D eigenvalue weighted by Gasteiger charge is 2.18. The molecule has 3 aromatic rings. The molecule has 0 heterocycles. The van der Waals surface area contributed by atoms with Crippen LogP contribution in [-0.2, 0) is 22.4 Å². The second-order valence-electron chi connectivity index (χ2n) is 8.37. The number of carbonyl (C=O) groups is 1. The van der Waals surface area contributed by atoms with Gasteiger partial charge in [0.05, 0.1) is 6.10 Å². The summed E-state index contributed by atoms with van der Waals surface area (Å²) in [7, 11) is 0. The van der Waals surface area contributed by atoms with Crippen LogP contribution < -0.4 is 4.74 Å². The zero-order chi connectivity index (χ0) is 25.0. The van der Waals surface area contributed by atoms with Gasteiger partial charge in [-0.3, -0.25) is 0 Å². The number of esters is 1. The first kappa shape index (κ1) is 25.3. The number of halogens is 4. The minimum Gasteiger partial charge on any atom is -0.479 e. The highest BCUT2D eigenvalue weighted by molar-refractivity contribution is 5.71. The maximum absolute atomic E-state index is 15.0. The van der Waals surface area contributed by atoms with Gasteiger partial charge in [-0.2, -0.15) is 0 Å². The van der Waals surface area contributed by atoms with E-state index in [0.717, 1.165) is 41.0 Å². The van der Waals surface area contributed by atoms with E-state index in [2.05, 4.69) is 0 Å². The molecular weight excluding hydrogens is 448 g/mol. The Morgan fingerprint density at radius 1 is 0.853 bits per heavy atom. The van der Waals surface area contributed by atoms with Crippen molar-refractivity contribution in [1.29, 1.82) is 0 Å². The molecule has 0 aliphatic heterocycles. The minimum atomic E-state index is -0.949. The number of hydrogen-bond acceptors (Lipinski definition) is 3. The lowest BCUT2D eigenvalue weighted by molar-refractivity contribution is -0.149. The van der Waals surface area contributed by atoms with E-state index >= 15 is 0 Å². The zero-order valence-electron chi connectivity index (χ0n) is 19.5. The van der Waals surface area contributed by atoms with Gasteiger partial charge < -0.3 is 9.47 Å². The van der Waals surface area contributed by atoms with Gasteiger partial charge in [0, 0.05) is 5.56 Å². The Morgan fingerprint density at radius 2 is 1.56 bits per heavy atom. The Bertz CT molecular complexity index is 1200. The van der Waals surface area contributed by atoms with Crippen molar-refractivity contribution in [2.24, 2.45) is 0 Å². The molecule has 0 saturated carbocycles. The molecule has 0 spiro atoms. The molecule has 3 nitrogen and oxygen atoms in total. The first-order valence-electron chi connectivity index (χ1n) is 10.9. The smallest absolute Gasteiger partial charge is 0.344 e. The Hall–Kier alpha value is -3.35. The van der Waals surface area contributed by atoms with E-state index in [1.807, 2.05) is 26.0 Å². The molecule has 7 heteroatoms. The monoisotopic (exact) mass is 474 g/mol. The molecule has 0 radical (unpaired) electrons. The van der Waals surface area contributed by atoms with Gasteiger partial charge in [0.25, 0.3) is 0 Å². The van der Waals surface area contributed by atoms with E-state index in [1.54, 1.807) is 13.8 Å². The molecule has 3 aromatic carbocycles. The lowest BCUT2D eigenvalue weighted by Gasteiger charge is -2.15. The average molecular weight is 474 g/mol. The molecule has 0 atom stereocenters. The molecule has 0 fully saturated rings. The Balaban J connectivity index is 1.82. The topological polar surface area (TPSA) is 35.5 Å². The van der Waals surface area contributed by atoms with Crippen LogP contribution in [0.2, 0.25) is 0 Å². The third-order valence-electron chi connectivity index (χ3n) is 5.54. The summed E-state index contributed by atoms with van der Waals surface area (Å²) in [4.78, 5) is 11.7. The lowest BCUT2D eigenvalue weighted by Crippen LogP contribution is -2.19. The molecule has 0 aliphatic rings. The van der Waals surface area contributed by atoms with Gasteiger partial charge in [0.15, 0.2) is 29.8 Å². The highest BCUT2D eigenvalue weighted by Crippen LogP contribution is 2.29. The van der Waals surface area contributed by atoms with Gasteiger partial charge >= 0.3 is 5.97 Å². The highest BCUT2D eigenvalue weighted by atomic mass is 19.2.